The van der Waals surface area contributed by atoms with E-state index in [0.29, 0.717) is 12.2 Å². The summed E-state index contributed by atoms with van der Waals surface area (Å²) in [5.41, 5.74) is 3.97. The number of aromatic nitrogens is 3. The quantitative estimate of drug-likeness (QED) is 0.405. The van der Waals surface area contributed by atoms with Crippen molar-refractivity contribution in [3.8, 4) is 6.07 Å². The third-order valence-electron chi connectivity index (χ3n) is 7.38. The number of amides is 1. The molecule has 1 saturated heterocycles. The van der Waals surface area contributed by atoms with Crippen molar-refractivity contribution < 1.29 is 36.3 Å². The average Bonchev–Trinajstić information content (AvgIpc) is 3.42. The molecule has 1 amide bonds. The van der Waals surface area contributed by atoms with Crippen molar-refractivity contribution in [3.05, 3.63) is 47.3 Å². The molecular weight excluding hydrogens is 589 g/mol. The lowest BCUT2D eigenvalue weighted by atomic mass is 9.77. The van der Waals surface area contributed by atoms with E-state index in [-0.39, 0.29) is 28.6 Å². The monoisotopic (exact) mass is 624 g/mol. The molecule has 2 aromatic rings. The first-order chi connectivity index (χ1) is 20.0. The second-order valence-corrected chi connectivity index (χ2v) is 13.7. The summed E-state index contributed by atoms with van der Waals surface area (Å²) in [6, 6.07) is 5.82. The number of pyridine rings is 1. The smallest absolute Gasteiger partial charge is 0.475 e. The zero-order valence-corrected chi connectivity index (χ0v) is 25.0. The molecule has 2 aliphatic rings. The molecule has 0 unspecified atom stereocenters. The number of rotatable bonds is 7. The van der Waals surface area contributed by atoms with Gasteiger partial charge in [-0.25, -0.2) is 18.2 Å². The van der Waals surface area contributed by atoms with Crippen LogP contribution in [0, 0.1) is 16.7 Å². The number of aromatic amines is 1. The molecule has 15 heteroatoms. The van der Waals surface area contributed by atoms with Crippen LogP contribution in [0.4, 0.5) is 18.9 Å². The maximum Gasteiger partial charge on any atom is 0.490 e. The number of carboxylic acids is 1. The Labute approximate surface area is 248 Å². The Morgan fingerprint density at radius 2 is 1.88 bits per heavy atom. The number of carbonyl (C=O) groups is 2. The maximum atomic E-state index is 12.8. The molecule has 0 spiro atoms. The predicted molar refractivity (Wildman–Crippen MR) is 153 cm³/mol. The highest BCUT2D eigenvalue weighted by Crippen LogP contribution is 2.40. The predicted octanol–water partition coefficient (Wildman–Crippen LogP) is 4.38. The number of halogens is 3. The van der Waals surface area contributed by atoms with E-state index < -0.39 is 27.9 Å². The van der Waals surface area contributed by atoms with Crippen LogP contribution >= 0.6 is 0 Å². The highest BCUT2D eigenvalue weighted by Gasteiger charge is 2.38. The SMILES string of the molecule is CC1(C)CC=C(c2nc(C3CCN(CCS(C)(=O)=O)CC3)ccc2NC(=O)c2nc(C#N)c[nH]2)CC1.O=C(O)C(F)(F)F. The van der Waals surface area contributed by atoms with Gasteiger partial charge in [0, 0.05) is 30.6 Å². The van der Waals surface area contributed by atoms with Gasteiger partial charge in [0.25, 0.3) is 5.91 Å². The highest BCUT2D eigenvalue weighted by atomic mass is 32.2. The molecule has 1 aliphatic heterocycles. The first-order valence-corrected chi connectivity index (χ1v) is 15.7. The summed E-state index contributed by atoms with van der Waals surface area (Å²) < 4.78 is 54.8. The lowest BCUT2D eigenvalue weighted by Crippen LogP contribution is -2.36. The summed E-state index contributed by atoms with van der Waals surface area (Å²) in [5, 5.41) is 19.1. The summed E-state index contributed by atoms with van der Waals surface area (Å²) in [4.78, 5) is 35.8. The van der Waals surface area contributed by atoms with Crippen molar-refractivity contribution in [1.82, 2.24) is 19.9 Å². The normalized spacial score (nSPS) is 17.7. The molecule has 0 saturated carbocycles. The van der Waals surface area contributed by atoms with Gasteiger partial charge in [-0.15, -0.1) is 0 Å². The largest absolute Gasteiger partial charge is 0.490 e. The van der Waals surface area contributed by atoms with Crippen LogP contribution in [0.5, 0.6) is 0 Å². The topological polar surface area (TPSA) is 169 Å². The molecule has 234 valence electrons. The minimum atomic E-state index is -5.08. The number of carboxylic acid groups (broad SMARTS) is 1. The van der Waals surface area contributed by atoms with Crippen molar-refractivity contribution >= 4 is 33.0 Å². The number of H-pyrrole nitrogens is 1. The molecule has 1 fully saturated rings. The van der Waals surface area contributed by atoms with E-state index in [4.69, 9.17) is 20.1 Å². The number of hydrogen-bond acceptors (Lipinski definition) is 8. The number of allylic oxidation sites excluding steroid dienone is 2. The number of nitrogens with one attached hydrogen (secondary N) is 2. The zero-order valence-electron chi connectivity index (χ0n) is 24.2. The molecular formula is C28H35F3N6O5S. The van der Waals surface area contributed by atoms with E-state index in [1.54, 1.807) is 0 Å². The molecule has 3 N–H and O–H groups in total. The Morgan fingerprint density at radius 1 is 1.23 bits per heavy atom. The van der Waals surface area contributed by atoms with Crippen LogP contribution in [0.2, 0.25) is 0 Å². The van der Waals surface area contributed by atoms with E-state index in [0.717, 1.165) is 62.2 Å². The van der Waals surface area contributed by atoms with Crippen molar-refractivity contribution in [2.75, 3.05) is 37.0 Å². The number of aliphatic carboxylic acids is 1. The molecule has 0 atom stereocenters. The Kier molecular flexibility index (Phi) is 10.7. The molecule has 2 aromatic heterocycles. The molecule has 3 heterocycles. The summed E-state index contributed by atoms with van der Waals surface area (Å²) in [6.45, 7) is 6.76. The number of carbonyl (C=O) groups excluding carboxylic acids is 1. The highest BCUT2D eigenvalue weighted by molar-refractivity contribution is 7.90. The number of nitriles is 1. The van der Waals surface area contributed by atoms with E-state index in [9.17, 15) is 26.4 Å². The van der Waals surface area contributed by atoms with Gasteiger partial charge in [0.05, 0.1) is 17.1 Å². The Morgan fingerprint density at radius 3 is 2.40 bits per heavy atom. The van der Waals surface area contributed by atoms with Gasteiger partial charge in [-0.1, -0.05) is 19.9 Å². The van der Waals surface area contributed by atoms with Gasteiger partial charge in [-0.2, -0.15) is 18.4 Å². The van der Waals surface area contributed by atoms with Crippen LogP contribution in [-0.4, -0.2) is 83.1 Å². The third kappa shape index (κ3) is 10.2. The number of anilines is 1. The number of hydrogen-bond donors (Lipinski definition) is 3. The van der Waals surface area contributed by atoms with Crippen LogP contribution in [0.3, 0.4) is 0 Å². The first-order valence-electron chi connectivity index (χ1n) is 13.6. The molecule has 0 aromatic carbocycles. The minimum Gasteiger partial charge on any atom is -0.475 e. The van der Waals surface area contributed by atoms with Gasteiger partial charge in [0.15, 0.2) is 11.5 Å². The summed E-state index contributed by atoms with van der Waals surface area (Å²) in [5.74, 6) is -2.62. The Bertz CT molecular complexity index is 1500. The van der Waals surface area contributed by atoms with Gasteiger partial charge < -0.3 is 20.3 Å². The van der Waals surface area contributed by atoms with Gasteiger partial charge in [-0.3, -0.25) is 9.78 Å². The van der Waals surface area contributed by atoms with Crippen molar-refractivity contribution in [2.45, 2.75) is 58.0 Å². The molecule has 43 heavy (non-hydrogen) atoms. The summed E-state index contributed by atoms with van der Waals surface area (Å²) >= 11 is 0. The Balaban J connectivity index is 0.000000646. The fraction of sp³-hybridized carbons (Fsp3) is 0.536. The van der Waals surface area contributed by atoms with E-state index in [1.807, 2.05) is 18.2 Å². The number of likely N-dealkylation sites (tertiary alicyclic amines) is 1. The fourth-order valence-corrected chi connectivity index (χ4v) is 5.35. The number of sulfone groups is 1. The Hall–Kier alpha value is -3.77. The van der Waals surface area contributed by atoms with Gasteiger partial charge >= 0.3 is 12.1 Å². The molecule has 11 nitrogen and oxygen atoms in total. The fourth-order valence-electron chi connectivity index (χ4n) is 4.76. The number of alkyl halides is 3. The number of nitrogens with zero attached hydrogens (tertiary/aromatic N) is 4. The van der Waals surface area contributed by atoms with Gasteiger partial charge in [0.1, 0.15) is 15.9 Å². The lowest BCUT2D eigenvalue weighted by molar-refractivity contribution is -0.192. The van der Waals surface area contributed by atoms with Crippen LogP contribution in [0.15, 0.2) is 24.4 Å². The third-order valence-corrected chi connectivity index (χ3v) is 8.30. The van der Waals surface area contributed by atoms with E-state index >= 15 is 0 Å². The average molecular weight is 625 g/mol. The minimum absolute atomic E-state index is 0.0850. The van der Waals surface area contributed by atoms with Crippen molar-refractivity contribution in [3.63, 3.8) is 0 Å². The molecule has 1 aliphatic carbocycles. The van der Waals surface area contributed by atoms with Crippen LogP contribution in [0.25, 0.3) is 5.57 Å². The second kappa shape index (κ2) is 13.7. The molecule has 0 bridgehead atoms. The molecule has 4 rings (SSSR count). The second-order valence-electron chi connectivity index (χ2n) is 11.5. The number of piperidine rings is 1. The van der Waals surface area contributed by atoms with E-state index in [1.165, 1.54) is 12.5 Å². The van der Waals surface area contributed by atoms with Crippen LogP contribution in [0.1, 0.15) is 79.6 Å². The standard InChI is InChI=1S/C26H34N6O3S.C2HF3O2/c1-26(2)10-6-19(7-11-26)23-22(31-25(33)24-28-17-20(16-27)29-24)5-4-21(30-23)18-8-12-32(13-9-18)14-15-36(3,34)35;3-2(4,5)1(6)7/h4-6,17-18H,7-15H2,1-3H3,(H,28,29)(H,31,33);(H,6,7). The number of imidazole rings is 1. The maximum absolute atomic E-state index is 12.8. The van der Waals surface area contributed by atoms with Crippen LogP contribution in [-0.2, 0) is 14.6 Å². The first kappa shape index (κ1) is 33.7. The van der Waals surface area contributed by atoms with Gasteiger partial charge in [-0.05, 0) is 68.3 Å². The summed E-state index contributed by atoms with van der Waals surface area (Å²) in [7, 11) is -2.97. The van der Waals surface area contributed by atoms with Crippen LogP contribution < -0.4 is 5.32 Å². The van der Waals surface area contributed by atoms with Crippen molar-refractivity contribution in [1.29, 1.82) is 5.26 Å². The summed E-state index contributed by atoms with van der Waals surface area (Å²) in [6.07, 6.45) is 4.54. The molecule has 0 radical (unpaired) electrons. The van der Waals surface area contributed by atoms with E-state index in [2.05, 4.69) is 40.1 Å². The van der Waals surface area contributed by atoms with Gasteiger partial charge in [0.2, 0.25) is 0 Å². The zero-order chi connectivity index (χ0) is 32.0. The lowest BCUT2D eigenvalue weighted by Gasteiger charge is -2.32. The van der Waals surface area contributed by atoms with Crippen molar-refractivity contribution in [2.24, 2.45) is 5.41 Å².